The van der Waals surface area contributed by atoms with Gasteiger partial charge in [0.1, 0.15) is 0 Å². The Kier molecular flexibility index (Phi) is 4.06. The molecule has 1 aliphatic rings. The fourth-order valence-corrected chi connectivity index (χ4v) is 3.80. The number of para-hydroxylation sites is 1. The molecule has 0 aliphatic heterocycles. The standard InChI is InChI=1S/C17H25N3/c1-2-5-13-8-9-14(11-18)17(10-13)20-16-7-4-3-6-15(16)12-19-20/h3-4,6-7,12-14,17H,2,5,8-11,18H2,1H3. The van der Waals surface area contributed by atoms with Gasteiger partial charge in [0, 0.05) is 5.39 Å². The number of aromatic nitrogens is 2. The van der Waals surface area contributed by atoms with Crippen LogP contribution < -0.4 is 5.73 Å². The van der Waals surface area contributed by atoms with Crippen LogP contribution in [0.1, 0.15) is 45.1 Å². The molecule has 0 saturated heterocycles. The average Bonchev–Trinajstić information content (AvgIpc) is 2.91. The molecule has 1 heterocycles. The highest BCUT2D eigenvalue weighted by Crippen LogP contribution is 2.39. The van der Waals surface area contributed by atoms with Crippen molar-refractivity contribution >= 4 is 10.9 Å². The largest absolute Gasteiger partial charge is 0.330 e. The van der Waals surface area contributed by atoms with Gasteiger partial charge in [-0.2, -0.15) is 5.10 Å². The molecule has 2 aromatic rings. The van der Waals surface area contributed by atoms with Gasteiger partial charge in [-0.05, 0) is 43.7 Å². The van der Waals surface area contributed by atoms with Crippen LogP contribution in [0.5, 0.6) is 0 Å². The van der Waals surface area contributed by atoms with Crippen molar-refractivity contribution < 1.29 is 0 Å². The number of fused-ring (bicyclic) bond motifs is 1. The van der Waals surface area contributed by atoms with Crippen molar-refractivity contribution in [2.24, 2.45) is 17.6 Å². The van der Waals surface area contributed by atoms with Crippen LogP contribution >= 0.6 is 0 Å². The number of benzene rings is 1. The first kappa shape index (κ1) is 13.6. The molecular formula is C17H25N3. The van der Waals surface area contributed by atoms with Crippen molar-refractivity contribution in [1.82, 2.24) is 9.78 Å². The summed E-state index contributed by atoms with van der Waals surface area (Å²) >= 11 is 0. The zero-order valence-electron chi connectivity index (χ0n) is 12.3. The Bertz CT molecular complexity index is 560. The third-order valence-electron chi connectivity index (χ3n) is 4.88. The molecule has 3 nitrogen and oxygen atoms in total. The highest BCUT2D eigenvalue weighted by Gasteiger charge is 2.31. The summed E-state index contributed by atoms with van der Waals surface area (Å²) in [6.07, 6.45) is 8.44. The molecule has 1 aromatic heterocycles. The molecule has 1 aromatic carbocycles. The van der Waals surface area contributed by atoms with Gasteiger partial charge in [0.05, 0.1) is 17.8 Å². The van der Waals surface area contributed by atoms with Crippen molar-refractivity contribution in [3.05, 3.63) is 30.5 Å². The Morgan fingerprint density at radius 2 is 2.15 bits per heavy atom. The first-order valence-corrected chi connectivity index (χ1v) is 7.95. The highest BCUT2D eigenvalue weighted by molar-refractivity contribution is 5.78. The molecule has 20 heavy (non-hydrogen) atoms. The van der Waals surface area contributed by atoms with Gasteiger partial charge in [0.2, 0.25) is 0 Å². The minimum absolute atomic E-state index is 0.477. The fourth-order valence-electron chi connectivity index (χ4n) is 3.80. The van der Waals surface area contributed by atoms with Gasteiger partial charge in [-0.25, -0.2) is 0 Å². The summed E-state index contributed by atoms with van der Waals surface area (Å²) in [6.45, 7) is 3.06. The van der Waals surface area contributed by atoms with Gasteiger partial charge in [0.15, 0.2) is 0 Å². The van der Waals surface area contributed by atoms with Crippen LogP contribution in [0.25, 0.3) is 10.9 Å². The maximum atomic E-state index is 6.02. The smallest absolute Gasteiger partial charge is 0.0685 e. The van der Waals surface area contributed by atoms with E-state index in [9.17, 15) is 0 Å². The lowest BCUT2D eigenvalue weighted by Gasteiger charge is -2.36. The molecule has 1 fully saturated rings. The number of hydrogen-bond acceptors (Lipinski definition) is 2. The Balaban J connectivity index is 1.92. The second-order valence-electron chi connectivity index (χ2n) is 6.18. The molecule has 0 radical (unpaired) electrons. The Morgan fingerprint density at radius 3 is 2.95 bits per heavy atom. The summed E-state index contributed by atoms with van der Waals surface area (Å²) < 4.78 is 2.24. The van der Waals surface area contributed by atoms with Gasteiger partial charge in [0.25, 0.3) is 0 Å². The predicted octanol–water partition coefficient (Wildman–Crippen LogP) is 3.75. The molecule has 3 rings (SSSR count). The average molecular weight is 271 g/mol. The first-order valence-electron chi connectivity index (χ1n) is 7.95. The molecule has 0 spiro atoms. The quantitative estimate of drug-likeness (QED) is 0.920. The number of nitrogens with zero attached hydrogens (tertiary/aromatic N) is 2. The van der Waals surface area contributed by atoms with Gasteiger partial charge in [-0.1, -0.05) is 38.0 Å². The molecular weight excluding hydrogens is 246 g/mol. The number of nitrogens with two attached hydrogens (primary N) is 1. The van der Waals surface area contributed by atoms with Crippen molar-refractivity contribution in [2.45, 2.75) is 45.1 Å². The molecule has 2 N–H and O–H groups in total. The second kappa shape index (κ2) is 5.96. The maximum Gasteiger partial charge on any atom is 0.0685 e. The van der Waals surface area contributed by atoms with Crippen molar-refractivity contribution in [3.8, 4) is 0 Å². The van der Waals surface area contributed by atoms with E-state index >= 15 is 0 Å². The van der Waals surface area contributed by atoms with Crippen LogP contribution in [0.15, 0.2) is 30.5 Å². The Morgan fingerprint density at radius 1 is 1.30 bits per heavy atom. The van der Waals surface area contributed by atoms with Crippen molar-refractivity contribution in [3.63, 3.8) is 0 Å². The summed E-state index contributed by atoms with van der Waals surface area (Å²) in [4.78, 5) is 0. The van der Waals surface area contributed by atoms with Gasteiger partial charge in [-0.3, -0.25) is 4.68 Å². The summed E-state index contributed by atoms with van der Waals surface area (Å²) in [5.41, 5.74) is 7.28. The SMILES string of the molecule is CCCC1CCC(CN)C(n2ncc3ccccc32)C1. The molecule has 0 amide bonds. The second-order valence-corrected chi connectivity index (χ2v) is 6.18. The normalized spacial score (nSPS) is 27.0. The van der Waals surface area contributed by atoms with Crippen molar-refractivity contribution in [1.29, 1.82) is 0 Å². The highest BCUT2D eigenvalue weighted by atomic mass is 15.3. The summed E-state index contributed by atoms with van der Waals surface area (Å²) in [5.74, 6) is 1.42. The van der Waals surface area contributed by atoms with E-state index in [1.165, 1.54) is 43.0 Å². The zero-order valence-corrected chi connectivity index (χ0v) is 12.3. The lowest BCUT2D eigenvalue weighted by molar-refractivity contribution is 0.173. The van der Waals surface area contributed by atoms with Gasteiger partial charge < -0.3 is 5.73 Å². The fraction of sp³-hybridized carbons (Fsp3) is 0.588. The van der Waals surface area contributed by atoms with Crippen LogP contribution in [-0.4, -0.2) is 16.3 Å². The van der Waals surface area contributed by atoms with E-state index in [4.69, 9.17) is 5.73 Å². The minimum Gasteiger partial charge on any atom is -0.330 e. The first-order chi connectivity index (χ1) is 9.83. The lowest BCUT2D eigenvalue weighted by atomic mass is 9.76. The van der Waals surface area contributed by atoms with E-state index < -0.39 is 0 Å². The van der Waals surface area contributed by atoms with E-state index in [2.05, 4.69) is 41.0 Å². The lowest BCUT2D eigenvalue weighted by Crippen LogP contribution is -2.33. The Hall–Kier alpha value is -1.35. The summed E-state index contributed by atoms with van der Waals surface area (Å²) in [7, 11) is 0. The van der Waals surface area contributed by atoms with Crippen LogP contribution in [0.3, 0.4) is 0 Å². The third-order valence-corrected chi connectivity index (χ3v) is 4.88. The van der Waals surface area contributed by atoms with E-state index in [1.54, 1.807) is 0 Å². The maximum absolute atomic E-state index is 6.02. The van der Waals surface area contributed by atoms with Crippen LogP contribution in [0.4, 0.5) is 0 Å². The van der Waals surface area contributed by atoms with Crippen LogP contribution in [-0.2, 0) is 0 Å². The van der Waals surface area contributed by atoms with Crippen LogP contribution in [0, 0.1) is 11.8 Å². The molecule has 3 heteroatoms. The summed E-state index contributed by atoms with van der Waals surface area (Å²) in [6, 6.07) is 8.98. The molecule has 3 unspecified atom stereocenters. The molecule has 108 valence electrons. The van der Waals surface area contributed by atoms with Crippen LogP contribution in [0.2, 0.25) is 0 Å². The monoisotopic (exact) mass is 271 g/mol. The van der Waals surface area contributed by atoms with Gasteiger partial charge >= 0.3 is 0 Å². The Labute approximate surface area is 121 Å². The van der Waals surface area contributed by atoms with E-state index in [0.29, 0.717) is 12.0 Å². The minimum atomic E-state index is 0.477. The molecule has 0 bridgehead atoms. The number of rotatable bonds is 4. The zero-order chi connectivity index (χ0) is 13.9. The van der Waals surface area contributed by atoms with Gasteiger partial charge in [-0.15, -0.1) is 0 Å². The third kappa shape index (κ3) is 2.47. The predicted molar refractivity (Wildman–Crippen MR) is 83.6 cm³/mol. The number of hydrogen-bond donors (Lipinski definition) is 1. The molecule has 1 saturated carbocycles. The van der Waals surface area contributed by atoms with E-state index in [0.717, 1.165) is 12.5 Å². The summed E-state index contributed by atoms with van der Waals surface area (Å²) in [5, 5.41) is 5.91. The topological polar surface area (TPSA) is 43.8 Å². The molecule has 3 atom stereocenters. The molecule has 1 aliphatic carbocycles. The van der Waals surface area contributed by atoms with Crippen molar-refractivity contribution in [2.75, 3.05) is 6.54 Å². The van der Waals surface area contributed by atoms with E-state index in [1.807, 2.05) is 6.20 Å². The van der Waals surface area contributed by atoms with E-state index in [-0.39, 0.29) is 0 Å².